The van der Waals surface area contributed by atoms with E-state index in [1.54, 1.807) is 50.1 Å². The number of fused-ring (bicyclic) bond motifs is 3. The summed E-state index contributed by atoms with van der Waals surface area (Å²) in [6.07, 6.45) is 6.68. The molecule has 0 saturated heterocycles. The van der Waals surface area contributed by atoms with Crippen LogP contribution in [0.2, 0.25) is 0 Å². The van der Waals surface area contributed by atoms with Gasteiger partial charge in [0.1, 0.15) is 17.1 Å². The Labute approximate surface area is 181 Å². The van der Waals surface area contributed by atoms with Crippen LogP contribution in [0.1, 0.15) is 11.3 Å². The van der Waals surface area contributed by atoms with Gasteiger partial charge in [-0.25, -0.2) is 9.97 Å². The van der Waals surface area contributed by atoms with Gasteiger partial charge in [-0.05, 0) is 48.5 Å². The Morgan fingerprint density at radius 2 is 1.72 bits per heavy atom. The van der Waals surface area contributed by atoms with Crippen molar-refractivity contribution in [3.63, 3.8) is 0 Å². The fourth-order valence-corrected chi connectivity index (χ4v) is 3.91. The first-order valence-electron chi connectivity index (χ1n) is 9.90. The van der Waals surface area contributed by atoms with E-state index in [4.69, 9.17) is 23.5 Å². The molecule has 0 fully saturated rings. The number of H-pyrrole nitrogens is 1. The Morgan fingerprint density at radius 3 is 2.41 bits per heavy atom. The zero-order valence-corrected chi connectivity index (χ0v) is 16.9. The van der Waals surface area contributed by atoms with E-state index in [9.17, 15) is 4.79 Å². The van der Waals surface area contributed by atoms with Crippen LogP contribution in [0.15, 0.2) is 70.0 Å². The number of carbonyl (C=O) groups is 1. The lowest BCUT2D eigenvalue weighted by atomic mass is 10.0. The fourth-order valence-electron chi connectivity index (χ4n) is 3.91. The molecule has 5 aromatic rings. The molecule has 8 nitrogen and oxygen atoms in total. The molecule has 156 valence electrons. The highest BCUT2D eigenvalue weighted by Gasteiger charge is 2.29. The van der Waals surface area contributed by atoms with Gasteiger partial charge in [-0.2, -0.15) is 0 Å². The van der Waals surface area contributed by atoms with E-state index in [-0.39, 0.29) is 5.91 Å². The number of hydrogen-bond donors (Lipinski definition) is 2. The van der Waals surface area contributed by atoms with Gasteiger partial charge in [0.2, 0.25) is 0 Å². The Balaban J connectivity index is 1.63. The second-order valence-electron chi connectivity index (χ2n) is 7.20. The van der Waals surface area contributed by atoms with Crippen LogP contribution in [0, 0.1) is 0 Å². The highest BCUT2D eigenvalue weighted by molar-refractivity contribution is 6.37. The number of hydrogen-bond acceptors (Lipinski definition) is 6. The third kappa shape index (κ3) is 2.73. The minimum absolute atomic E-state index is 0.222. The van der Waals surface area contributed by atoms with Crippen LogP contribution < -0.4 is 10.1 Å². The predicted octanol–water partition coefficient (Wildman–Crippen LogP) is 4.98. The van der Waals surface area contributed by atoms with Crippen molar-refractivity contribution < 1.29 is 18.4 Å². The average molecular weight is 424 g/mol. The normalized spacial score (nSPS) is 14.2. The fraction of sp³-hybridized carbons (Fsp3) is 0.0417. The monoisotopic (exact) mass is 424 g/mol. The van der Waals surface area contributed by atoms with Gasteiger partial charge in [-0.1, -0.05) is 0 Å². The predicted molar refractivity (Wildman–Crippen MR) is 119 cm³/mol. The Morgan fingerprint density at radius 1 is 0.969 bits per heavy atom. The van der Waals surface area contributed by atoms with Crippen LogP contribution in [-0.2, 0) is 4.79 Å². The van der Waals surface area contributed by atoms with E-state index in [1.807, 2.05) is 24.3 Å². The van der Waals surface area contributed by atoms with Crippen molar-refractivity contribution in [2.24, 2.45) is 0 Å². The SMILES string of the molecule is COc1cc[nH]c1/C=C1\C(=O)Nc2ccc3nc(-c4ccco4)c(-c4ccco4)nc3c21. The number of carbonyl (C=O) groups excluding carboxylic acids is 1. The number of ether oxygens (including phenoxy) is 1. The van der Waals surface area contributed by atoms with Crippen LogP contribution in [0.25, 0.3) is 45.6 Å². The zero-order chi connectivity index (χ0) is 21.7. The summed E-state index contributed by atoms with van der Waals surface area (Å²) in [5.41, 5.74) is 4.81. The molecule has 1 amide bonds. The smallest absolute Gasteiger partial charge is 0.256 e. The summed E-state index contributed by atoms with van der Waals surface area (Å²) in [4.78, 5) is 25.7. The number of anilines is 1. The summed E-state index contributed by atoms with van der Waals surface area (Å²) in [6.45, 7) is 0. The van der Waals surface area contributed by atoms with Gasteiger partial charge in [0, 0.05) is 11.8 Å². The van der Waals surface area contributed by atoms with Crippen LogP contribution >= 0.6 is 0 Å². The zero-order valence-electron chi connectivity index (χ0n) is 16.9. The number of rotatable bonds is 4. The van der Waals surface area contributed by atoms with Crippen molar-refractivity contribution in [1.29, 1.82) is 0 Å². The number of aromatic amines is 1. The van der Waals surface area contributed by atoms with Gasteiger partial charge >= 0.3 is 0 Å². The molecule has 1 aromatic carbocycles. The maximum atomic E-state index is 12.9. The van der Waals surface area contributed by atoms with Gasteiger partial charge in [0.25, 0.3) is 5.91 Å². The van der Waals surface area contributed by atoms with Gasteiger partial charge in [0.05, 0.1) is 47.6 Å². The number of amides is 1. The quantitative estimate of drug-likeness (QED) is 0.394. The van der Waals surface area contributed by atoms with Crippen LogP contribution in [0.4, 0.5) is 5.69 Å². The molecule has 2 N–H and O–H groups in total. The van der Waals surface area contributed by atoms with Crippen molar-refractivity contribution in [1.82, 2.24) is 15.0 Å². The highest BCUT2D eigenvalue weighted by atomic mass is 16.5. The van der Waals surface area contributed by atoms with E-state index >= 15 is 0 Å². The van der Waals surface area contributed by atoms with Crippen LogP contribution in [-0.4, -0.2) is 28.0 Å². The Kier molecular flexibility index (Phi) is 3.97. The molecule has 8 heteroatoms. The molecule has 0 bridgehead atoms. The minimum Gasteiger partial charge on any atom is -0.495 e. The number of aromatic nitrogens is 3. The summed E-state index contributed by atoms with van der Waals surface area (Å²) < 4.78 is 16.6. The summed E-state index contributed by atoms with van der Waals surface area (Å²) in [7, 11) is 1.58. The number of furan rings is 2. The van der Waals surface area contributed by atoms with E-state index in [1.165, 1.54) is 0 Å². The minimum atomic E-state index is -0.222. The lowest BCUT2D eigenvalue weighted by Gasteiger charge is -2.09. The van der Waals surface area contributed by atoms with E-state index < -0.39 is 0 Å². The number of benzene rings is 1. The van der Waals surface area contributed by atoms with E-state index in [0.29, 0.717) is 62.2 Å². The van der Waals surface area contributed by atoms with Gasteiger partial charge in [-0.15, -0.1) is 0 Å². The molecule has 1 aliphatic rings. The van der Waals surface area contributed by atoms with E-state index in [2.05, 4.69) is 10.3 Å². The van der Waals surface area contributed by atoms with Crippen molar-refractivity contribution in [2.75, 3.05) is 12.4 Å². The second-order valence-corrected chi connectivity index (χ2v) is 7.20. The first kappa shape index (κ1) is 18.2. The molecule has 0 atom stereocenters. The van der Waals surface area contributed by atoms with Crippen molar-refractivity contribution in [3.05, 3.63) is 72.4 Å². The molecule has 0 radical (unpaired) electrons. The molecule has 0 saturated carbocycles. The van der Waals surface area contributed by atoms with E-state index in [0.717, 1.165) is 0 Å². The molecule has 4 aromatic heterocycles. The lowest BCUT2D eigenvalue weighted by molar-refractivity contribution is -0.110. The third-order valence-corrected chi connectivity index (χ3v) is 5.36. The molecule has 0 spiro atoms. The van der Waals surface area contributed by atoms with Crippen molar-refractivity contribution >= 4 is 34.3 Å². The standard InChI is InChI=1S/C24H16N4O4/c1-30-17-8-9-25-16(17)12-13-20-14(27-24(13)29)6-7-15-21(20)28-23(19-5-3-11-32-19)22(26-15)18-4-2-10-31-18/h2-12,25H,1H3,(H,27,29)/b13-12-. The van der Waals surface area contributed by atoms with Gasteiger partial charge in [0.15, 0.2) is 11.5 Å². The summed E-state index contributed by atoms with van der Waals surface area (Å²) in [5, 5.41) is 2.91. The first-order valence-corrected chi connectivity index (χ1v) is 9.90. The largest absolute Gasteiger partial charge is 0.495 e. The number of nitrogens with one attached hydrogen (secondary N) is 2. The molecule has 1 aliphatic heterocycles. The van der Waals surface area contributed by atoms with Gasteiger partial charge in [-0.3, -0.25) is 4.79 Å². The topological polar surface area (TPSA) is 106 Å². The second kappa shape index (κ2) is 6.98. The molecular weight excluding hydrogens is 408 g/mol. The van der Waals surface area contributed by atoms with Crippen LogP contribution in [0.5, 0.6) is 5.75 Å². The lowest BCUT2D eigenvalue weighted by Crippen LogP contribution is -2.03. The molecule has 32 heavy (non-hydrogen) atoms. The number of nitrogens with zero attached hydrogens (tertiary/aromatic N) is 2. The van der Waals surface area contributed by atoms with Gasteiger partial charge < -0.3 is 23.9 Å². The molecule has 0 aliphatic carbocycles. The Bertz CT molecular complexity index is 1490. The number of methoxy groups -OCH3 is 1. The molecule has 0 unspecified atom stereocenters. The summed E-state index contributed by atoms with van der Waals surface area (Å²) in [5.74, 6) is 1.55. The summed E-state index contributed by atoms with van der Waals surface area (Å²) >= 11 is 0. The van der Waals surface area contributed by atoms with Crippen molar-refractivity contribution in [3.8, 4) is 28.7 Å². The maximum Gasteiger partial charge on any atom is 0.256 e. The third-order valence-electron chi connectivity index (χ3n) is 5.36. The summed E-state index contributed by atoms with van der Waals surface area (Å²) in [6, 6.07) is 12.7. The Hall–Kier alpha value is -4.59. The first-order chi connectivity index (χ1) is 15.7. The molecule has 5 heterocycles. The maximum absolute atomic E-state index is 12.9. The molecule has 6 rings (SSSR count). The average Bonchev–Trinajstić information content (AvgIpc) is 3.60. The highest BCUT2D eigenvalue weighted by Crippen LogP contribution is 2.40. The van der Waals surface area contributed by atoms with Crippen molar-refractivity contribution in [2.45, 2.75) is 0 Å². The van der Waals surface area contributed by atoms with Crippen LogP contribution in [0.3, 0.4) is 0 Å². The molecular formula is C24H16N4O4.